The monoisotopic (exact) mass is 297 g/mol. The number of aromatic amines is 1. The first-order valence-corrected chi connectivity index (χ1v) is 7.37. The molecule has 1 aromatic heterocycles. The number of carbonyl (C=O) groups excluding carboxylic acids is 1. The van der Waals surface area contributed by atoms with Crippen LogP contribution in [0.15, 0.2) is 47.4 Å². The van der Waals surface area contributed by atoms with Crippen molar-refractivity contribution in [3.63, 3.8) is 0 Å². The number of hydrogen-bond donors (Lipinski definition) is 1. The van der Waals surface area contributed by atoms with Crippen LogP contribution in [0, 0.1) is 5.92 Å². The molecule has 0 spiro atoms. The van der Waals surface area contributed by atoms with Crippen LogP contribution in [-0.2, 0) is 0 Å². The largest absolute Gasteiger partial charge is 0.373 e. The number of aromatic nitrogens is 1. The van der Waals surface area contributed by atoms with Crippen LogP contribution >= 0.6 is 0 Å². The van der Waals surface area contributed by atoms with Gasteiger partial charge in [-0.05, 0) is 24.1 Å². The highest BCUT2D eigenvalue weighted by atomic mass is 16.2. The molecule has 2 heterocycles. The zero-order chi connectivity index (χ0) is 15.7. The summed E-state index contributed by atoms with van der Waals surface area (Å²) in [5.41, 5.74) is 2.24. The molecule has 0 aliphatic carbocycles. The lowest BCUT2D eigenvalue weighted by Crippen LogP contribution is -2.35. The summed E-state index contributed by atoms with van der Waals surface area (Å²) in [5.74, 6) is 0.259. The quantitative estimate of drug-likeness (QED) is 0.877. The van der Waals surface area contributed by atoms with Crippen LogP contribution < -0.4 is 15.4 Å². The average Bonchev–Trinajstić information content (AvgIpc) is 2.64. The van der Waals surface area contributed by atoms with Crippen molar-refractivity contribution in [2.45, 2.75) is 6.92 Å². The molecule has 1 aliphatic rings. The van der Waals surface area contributed by atoms with Crippen LogP contribution in [0.4, 0.5) is 11.4 Å². The molecule has 0 saturated carbocycles. The lowest BCUT2D eigenvalue weighted by molar-refractivity contribution is 0.0984. The van der Waals surface area contributed by atoms with Crippen LogP contribution in [0.5, 0.6) is 0 Å². The Morgan fingerprint density at radius 2 is 1.86 bits per heavy atom. The van der Waals surface area contributed by atoms with Gasteiger partial charge in [-0.25, -0.2) is 0 Å². The Morgan fingerprint density at radius 3 is 2.55 bits per heavy atom. The molecule has 0 fully saturated rings. The summed E-state index contributed by atoms with van der Waals surface area (Å²) in [7, 11) is 2.04. The van der Waals surface area contributed by atoms with Crippen molar-refractivity contribution in [1.29, 1.82) is 0 Å². The van der Waals surface area contributed by atoms with E-state index in [1.165, 1.54) is 12.3 Å². The summed E-state index contributed by atoms with van der Waals surface area (Å²) in [6, 6.07) is 10.9. The van der Waals surface area contributed by atoms with Crippen molar-refractivity contribution in [2.75, 3.05) is 29.9 Å². The third-order valence-electron chi connectivity index (χ3n) is 3.94. The molecule has 3 rings (SSSR count). The molecule has 1 aromatic carbocycles. The Hall–Kier alpha value is -2.56. The summed E-state index contributed by atoms with van der Waals surface area (Å²) >= 11 is 0. The summed E-state index contributed by atoms with van der Waals surface area (Å²) < 4.78 is 0. The molecule has 1 atom stereocenters. The van der Waals surface area contributed by atoms with Gasteiger partial charge in [-0.3, -0.25) is 9.59 Å². The van der Waals surface area contributed by atoms with Crippen LogP contribution in [-0.4, -0.2) is 31.0 Å². The van der Waals surface area contributed by atoms with Crippen molar-refractivity contribution < 1.29 is 4.79 Å². The van der Waals surface area contributed by atoms with Crippen molar-refractivity contribution in [1.82, 2.24) is 4.98 Å². The van der Waals surface area contributed by atoms with Crippen molar-refractivity contribution in [2.24, 2.45) is 5.92 Å². The van der Waals surface area contributed by atoms with E-state index in [1.54, 1.807) is 11.0 Å². The minimum absolute atomic E-state index is 0.0918. The highest BCUT2D eigenvalue weighted by Crippen LogP contribution is 2.33. The SMILES string of the molecule is CC1CN(C)c2ccccc2N(C(=O)c2ccc(=O)[nH]c2)C1. The molecule has 0 saturated heterocycles. The van der Waals surface area contributed by atoms with E-state index >= 15 is 0 Å². The Balaban J connectivity index is 2.04. The molecule has 0 radical (unpaired) electrons. The molecular formula is C17H19N3O2. The predicted octanol–water partition coefficient (Wildman–Crippen LogP) is 2.11. The van der Waals surface area contributed by atoms with E-state index in [0.29, 0.717) is 18.0 Å². The third kappa shape index (κ3) is 2.62. The van der Waals surface area contributed by atoms with Gasteiger partial charge in [-0.2, -0.15) is 0 Å². The van der Waals surface area contributed by atoms with Crippen molar-refractivity contribution >= 4 is 17.3 Å². The Morgan fingerprint density at radius 1 is 1.14 bits per heavy atom. The number of rotatable bonds is 1. The number of hydrogen-bond acceptors (Lipinski definition) is 3. The van der Waals surface area contributed by atoms with Crippen LogP contribution in [0.25, 0.3) is 0 Å². The topological polar surface area (TPSA) is 56.4 Å². The fourth-order valence-electron chi connectivity index (χ4n) is 2.94. The van der Waals surface area contributed by atoms with Gasteiger partial charge in [-0.15, -0.1) is 0 Å². The minimum atomic E-state index is -0.207. The van der Waals surface area contributed by atoms with Gasteiger partial charge in [0.05, 0.1) is 16.9 Å². The molecule has 1 aliphatic heterocycles. The number of nitrogens with zero attached hydrogens (tertiary/aromatic N) is 2. The van der Waals surface area contributed by atoms with Crippen LogP contribution in [0.2, 0.25) is 0 Å². The van der Waals surface area contributed by atoms with E-state index < -0.39 is 0 Å². The Bertz CT molecular complexity index is 733. The maximum absolute atomic E-state index is 12.9. The Labute approximate surface area is 129 Å². The summed E-state index contributed by atoms with van der Waals surface area (Å²) in [5, 5.41) is 0. The fraction of sp³-hybridized carbons (Fsp3) is 0.294. The number of pyridine rings is 1. The van der Waals surface area contributed by atoms with Gasteiger partial charge in [0.1, 0.15) is 0 Å². The first-order valence-electron chi connectivity index (χ1n) is 7.37. The molecule has 5 heteroatoms. The van der Waals surface area contributed by atoms with Crippen LogP contribution in [0.3, 0.4) is 0 Å². The number of nitrogens with one attached hydrogen (secondary N) is 1. The first-order chi connectivity index (χ1) is 10.6. The third-order valence-corrected chi connectivity index (χ3v) is 3.94. The molecule has 2 aromatic rings. The maximum atomic E-state index is 12.9. The van der Waals surface area contributed by atoms with Gasteiger partial charge in [0.2, 0.25) is 5.56 Å². The fourth-order valence-corrected chi connectivity index (χ4v) is 2.94. The number of benzene rings is 1. The van der Waals surface area contributed by atoms with Crippen molar-refractivity contribution in [3.05, 3.63) is 58.5 Å². The van der Waals surface area contributed by atoms with Crippen molar-refractivity contribution in [3.8, 4) is 0 Å². The Kier molecular flexibility index (Phi) is 3.71. The summed E-state index contributed by atoms with van der Waals surface area (Å²) in [6.07, 6.45) is 1.48. The van der Waals surface area contributed by atoms with E-state index in [0.717, 1.165) is 17.9 Å². The number of H-pyrrole nitrogens is 1. The molecule has 0 bridgehead atoms. The van der Waals surface area contributed by atoms with E-state index in [2.05, 4.69) is 16.8 Å². The van der Waals surface area contributed by atoms with Gasteiger partial charge in [-0.1, -0.05) is 19.1 Å². The van der Waals surface area contributed by atoms with Crippen LogP contribution in [0.1, 0.15) is 17.3 Å². The first kappa shape index (κ1) is 14.4. The molecule has 114 valence electrons. The number of fused-ring (bicyclic) bond motifs is 1. The molecular weight excluding hydrogens is 278 g/mol. The summed E-state index contributed by atoms with van der Waals surface area (Å²) in [4.78, 5) is 30.6. The molecule has 1 N–H and O–H groups in total. The second-order valence-electron chi connectivity index (χ2n) is 5.83. The smallest absolute Gasteiger partial charge is 0.259 e. The maximum Gasteiger partial charge on any atom is 0.259 e. The second-order valence-corrected chi connectivity index (χ2v) is 5.83. The average molecular weight is 297 g/mol. The van der Waals surface area contributed by atoms with Gasteiger partial charge >= 0.3 is 0 Å². The van der Waals surface area contributed by atoms with E-state index in [-0.39, 0.29) is 11.5 Å². The van der Waals surface area contributed by atoms with Gasteiger partial charge < -0.3 is 14.8 Å². The lowest BCUT2D eigenvalue weighted by atomic mass is 10.1. The number of para-hydroxylation sites is 2. The highest BCUT2D eigenvalue weighted by molar-refractivity contribution is 6.07. The standard InChI is InChI=1S/C17H19N3O2/c1-12-10-19(2)14-5-3-4-6-15(14)20(11-12)17(22)13-7-8-16(21)18-9-13/h3-9,12H,10-11H2,1-2H3,(H,18,21). The number of anilines is 2. The summed E-state index contributed by atoms with van der Waals surface area (Å²) in [6.45, 7) is 3.68. The molecule has 1 amide bonds. The zero-order valence-corrected chi connectivity index (χ0v) is 12.7. The molecule has 1 unspecified atom stereocenters. The van der Waals surface area contributed by atoms with Gasteiger partial charge in [0.15, 0.2) is 0 Å². The van der Waals surface area contributed by atoms with Gasteiger partial charge in [0, 0.05) is 32.4 Å². The normalized spacial score (nSPS) is 17.8. The molecule has 5 nitrogen and oxygen atoms in total. The zero-order valence-electron chi connectivity index (χ0n) is 12.7. The lowest BCUT2D eigenvalue weighted by Gasteiger charge is -2.24. The number of carbonyl (C=O) groups is 1. The highest BCUT2D eigenvalue weighted by Gasteiger charge is 2.27. The van der Waals surface area contributed by atoms with E-state index in [4.69, 9.17) is 0 Å². The number of amides is 1. The second kappa shape index (κ2) is 5.67. The predicted molar refractivity (Wildman–Crippen MR) is 87.6 cm³/mol. The molecule has 22 heavy (non-hydrogen) atoms. The van der Waals surface area contributed by atoms with E-state index in [9.17, 15) is 9.59 Å². The minimum Gasteiger partial charge on any atom is -0.373 e. The van der Waals surface area contributed by atoms with Gasteiger partial charge in [0.25, 0.3) is 5.91 Å². The van der Waals surface area contributed by atoms with E-state index in [1.807, 2.05) is 31.3 Å².